The number of nitrogens with zero attached hydrogens (tertiary/aromatic N) is 1. The summed E-state index contributed by atoms with van der Waals surface area (Å²) in [6, 6.07) is 10.8. The number of ether oxygens (including phenoxy) is 2. The monoisotopic (exact) mass is 403 g/mol. The van der Waals surface area contributed by atoms with Gasteiger partial charge in [-0.3, -0.25) is 9.69 Å². The topological polar surface area (TPSA) is 76.8 Å². The van der Waals surface area contributed by atoms with Crippen LogP contribution in [0.2, 0.25) is 5.02 Å². The van der Waals surface area contributed by atoms with Gasteiger partial charge >= 0.3 is 0 Å². The van der Waals surface area contributed by atoms with Crippen LogP contribution in [-0.4, -0.2) is 44.2 Å². The van der Waals surface area contributed by atoms with Gasteiger partial charge in [0.05, 0.1) is 23.4 Å². The number of halogens is 1. The van der Waals surface area contributed by atoms with Crippen molar-refractivity contribution in [2.75, 3.05) is 39.1 Å². The molecule has 0 aromatic heterocycles. The Hall–Kier alpha value is -2.44. The van der Waals surface area contributed by atoms with E-state index in [1.165, 1.54) is 39.1 Å². The van der Waals surface area contributed by atoms with Gasteiger partial charge in [-0.05, 0) is 49.7 Å². The van der Waals surface area contributed by atoms with Gasteiger partial charge in [0.2, 0.25) is 0 Å². The Bertz CT molecular complexity index is 805. The number of methoxy groups -OCH3 is 1. The van der Waals surface area contributed by atoms with Crippen LogP contribution in [0.3, 0.4) is 0 Å². The predicted molar refractivity (Wildman–Crippen MR) is 111 cm³/mol. The lowest BCUT2D eigenvalue weighted by molar-refractivity contribution is 0.0948. The predicted octanol–water partition coefficient (Wildman–Crippen LogP) is 3.34. The summed E-state index contributed by atoms with van der Waals surface area (Å²) in [4.78, 5) is 14.9. The minimum atomic E-state index is -0.273. The van der Waals surface area contributed by atoms with Gasteiger partial charge in [-0.1, -0.05) is 23.7 Å². The fraction of sp³-hybridized carbons (Fsp3) is 0.381. The number of carbonyl (C=O) groups excluding carboxylic acids is 1. The molecule has 0 radical (unpaired) electrons. The number of nitrogens with one attached hydrogen (secondary N) is 1. The molecule has 1 fully saturated rings. The zero-order chi connectivity index (χ0) is 19.9. The fourth-order valence-electron chi connectivity index (χ4n) is 3.20. The van der Waals surface area contributed by atoms with E-state index in [4.69, 9.17) is 26.8 Å². The maximum Gasteiger partial charge on any atom is 0.255 e. The highest BCUT2D eigenvalue weighted by atomic mass is 35.5. The number of rotatable bonds is 8. The number of benzene rings is 2. The smallest absolute Gasteiger partial charge is 0.255 e. The van der Waals surface area contributed by atoms with Crippen molar-refractivity contribution in [1.29, 1.82) is 0 Å². The van der Waals surface area contributed by atoms with E-state index < -0.39 is 0 Å². The number of carbonyl (C=O) groups is 1. The number of nitrogens with two attached hydrogens (primary N) is 1. The Morgan fingerprint density at radius 1 is 1.21 bits per heavy atom. The van der Waals surface area contributed by atoms with E-state index in [9.17, 15) is 4.79 Å². The third-order valence-electron chi connectivity index (χ3n) is 4.81. The van der Waals surface area contributed by atoms with Crippen LogP contribution in [0.1, 0.15) is 28.8 Å². The van der Waals surface area contributed by atoms with Crippen LogP contribution in [0, 0.1) is 0 Å². The minimum absolute atomic E-state index is 0.273. The van der Waals surface area contributed by atoms with Gasteiger partial charge in [-0.2, -0.15) is 0 Å². The largest absolute Gasteiger partial charge is 0.496 e. The molecule has 0 atom stereocenters. The van der Waals surface area contributed by atoms with Crippen molar-refractivity contribution in [2.24, 2.45) is 0 Å². The average molecular weight is 404 g/mol. The van der Waals surface area contributed by atoms with Crippen molar-refractivity contribution in [3.8, 4) is 11.5 Å². The molecule has 0 saturated carbocycles. The third-order valence-corrected chi connectivity index (χ3v) is 5.14. The molecule has 0 bridgehead atoms. The summed E-state index contributed by atoms with van der Waals surface area (Å²) in [6.45, 7) is 4.38. The first kappa shape index (κ1) is 20.3. The summed E-state index contributed by atoms with van der Waals surface area (Å²) in [5, 5.41) is 3.19. The quantitative estimate of drug-likeness (QED) is 0.661. The SMILES string of the molecule is COc1cc(N)c(Cl)cc1C(=O)NCc1ccc(OCCN2CCCC2)cc1. The lowest BCUT2D eigenvalue weighted by atomic mass is 10.1. The van der Waals surface area contributed by atoms with Crippen molar-refractivity contribution in [1.82, 2.24) is 10.2 Å². The van der Waals surface area contributed by atoms with Crippen molar-refractivity contribution >= 4 is 23.2 Å². The minimum Gasteiger partial charge on any atom is -0.496 e. The molecule has 2 aromatic carbocycles. The highest BCUT2D eigenvalue weighted by Gasteiger charge is 2.15. The zero-order valence-corrected chi connectivity index (χ0v) is 16.8. The first-order valence-corrected chi connectivity index (χ1v) is 9.80. The summed E-state index contributed by atoms with van der Waals surface area (Å²) in [5.74, 6) is 0.951. The molecule has 1 saturated heterocycles. The van der Waals surface area contributed by atoms with Gasteiger partial charge < -0.3 is 20.5 Å². The van der Waals surface area contributed by atoms with Crippen LogP contribution in [0.4, 0.5) is 5.69 Å². The van der Waals surface area contributed by atoms with E-state index in [0.717, 1.165) is 17.9 Å². The number of likely N-dealkylation sites (tertiary alicyclic amines) is 1. The Morgan fingerprint density at radius 2 is 1.93 bits per heavy atom. The maximum atomic E-state index is 12.5. The zero-order valence-electron chi connectivity index (χ0n) is 16.0. The van der Waals surface area contributed by atoms with E-state index in [-0.39, 0.29) is 5.91 Å². The molecule has 1 amide bonds. The van der Waals surface area contributed by atoms with Crippen LogP contribution < -0.4 is 20.5 Å². The van der Waals surface area contributed by atoms with Gasteiger partial charge in [0.25, 0.3) is 5.91 Å². The van der Waals surface area contributed by atoms with Gasteiger partial charge in [0.15, 0.2) is 0 Å². The van der Waals surface area contributed by atoms with Crippen LogP contribution in [-0.2, 0) is 6.54 Å². The number of hydrogen-bond acceptors (Lipinski definition) is 5. The molecule has 1 aliphatic heterocycles. The molecule has 6 nitrogen and oxygen atoms in total. The fourth-order valence-corrected chi connectivity index (χ4v) is 3.36. The van der Waals surface area contributed by atoms with E-state index in [0.29, 0.717) is 35.2 Å². The second kappa shape index (κ2) is 9.66. The summed E-state index contributed by atoms with van der Waals surface area (Å²) in [6.07, 6.45) is 2.57. The second-order valence-corrected chi connectivity index (χ2v) is 7.21. The van der Waals surface area contributed by atoms with E-state index >= 15 is 0 Å². The molecule has 0 unspecified atom stereocenters. The third kappa shape index (κ3) is 5.30. The van der Waals surface area contributed by atoms with Crippen LogP contribution >= 0.6 is 11.6 Å². The molecule has 150 valence electrons. The average Bonchev–Trinajstić information content (AvgIpc) is 3.22. The van der Waals surface area contributed by atoms with Gasteiger partial charge in [0, 0.05) is 19.2 Å². The molecule has 1 heterocycles. The molecule has 7 heteroatoms. The normalized spacial score (nSPS) is 14.1. The molecule has 0 aliphatic carbocycles. The number of amides is 1. The lowest BCUT2D eigenvalue weighted by Gasteiger charge is -2.15. The maximum absolute atomic E-state index is 12.5. The molecule has 0 spiro atoms. The van der Waals surface area contributed by atoms with Crippen molar-refractivity contribution in [3.63, 3.8) is 0 Å². The molecule has 1 aliphatic rings. The second-order valence-electron chi connectivity index (χ2n) is 6.80. The number of anilines is 1. The Kier molecular flexibility index (Phi) is 7.01. The Morgan fingerprint density at radius 3 is 2.61 bits per heavy atom. The van der Waals surface area contributed by atoms with Gasteiger partial charge in [-0.25, -0.2) is 0 Å². The molecule has 2 aromatic rings. The summed E-state index contributed by atoms with van der Waals surface area (Å²) >= 11 is 6.03. The number of hydrogen-bond donors (Lipinski definition) is 2. The van der Waals surface area contributed by atoms with Crippen LogP contribution in [0.15, 0.2) is 36.4 Å². The van der Waals surface area contributed by atoms with E-state index in [2.05, 4.69) is 10.2 Å². The molecule has 3 N–H and O–H groups in total. The van der Waals surface area contributed by atoms with Crippen molar-refractivity contribution in [2.45, 2.75) is 19.4 Å². The molecular weight excluding hydrogens is 378 g/mol. The van der Waals surface area contributed by atoms with Crippen molar-refractivity contribution < 1.29 is 14.3 Å². The number of nitrogen functional groups attached to an aromatic ring is 1. The van der Waals surface area contributed by atoms with Gasteiger partial charge in [-0.15, -0.1) is 0 Å². The Balaban J connectivity index is 1.50. The van der Waals surface area contributed by atoms with Crippen LogP contribution in [0.5, 0.6) is 11.5 Å². The highest BCUT2D eigenvalue weighted by molar-refractivity contribution is 6.33. The molecule has 3 rings (SSSR count). The summed E-state index contributed by atoms with van der Waals surface area (Å²) in [5.41, 5.74) is 7.45. The first-order valence-electron chi connectivity index (χ1n) is 9.42. The van der Waals surface area contributed by atoms with Crippen LogP contribution in [0.25, 0.3) is 0 Å². The first-order chi connectivity index (χ1) is 13.6. The summed E-state index contributed by atoms with van der Waals surface area (Å²) < 4.78 is 11.0. The molecular formula is C21H26ClN3O3. The standard InChI is InChI=1S/C21H26ClN3O3/c1-27-20-13-19(23)18(22)12-17(20)21(26)24-14-15-4-6-16(7-5-15)28-11-10-25-8-2-3-9-25/h4-7,12-13H,2-3,8-11,14,23H2,1H3,(H,24,26). The molecule has 28 heavy (non-hydrogen) atoms. The lowest BCUT2D eigenvalue weighted by Crippen LogP contribution is -2.25. The Labute approximate surface area is 170 Å². The van der Waals surface area contributed by atoms with Gasteiger partial charge in [0.1, 0.15) is 18.1 Å². The summed E-state index contributed by atoms with van der Waals surface area (Å²) in [7, 11) is 1.49. The van der Waals surface area contributed by atoms with E-state index in [1.807, 2.05) is 24.3 Å². The van der Waals surface area contributed by atoms with E-state index in [1.54, 1.807) is 6.07 Å². The van der Waals surface area contributed by atoms with Crippen molar-refractivity contribution in [3.05, 3.63) is 52.5 Å². The highest BCUT2D eigenvalue weighted by Crippen LogP contribution is 2.28.